The van der Waals surface area contributed by atoms with Crippen molar-refractivity contribution in [3.05, 3.63) is 56.7 Å². The van der Waals surface area contributed by atoms with Gasteiger partial charge in [0.15, 0.2) is 0 Å². The van der Waals surface area contributed by atoms with Gasteiger partial charge in [-0.3, -0.25) is 10.1 Å². The summed E-state index contributed by atoms with van der Waals surface area (Å²) in [6.07, 6.45) is 1.44. The van der Waals surface area contributed by atoms with E-state index >= 15 is 0 Å². The van der Waals surface area contributed by atoms with E-state index in [-0.39, 0.29) is 16.3 Å². The molecule has 20 heavy (non-hydrogen) atoms. The van der Waals surface area contributed by atoms with Crippen molar-refractivity contribution in [1.82, 2.24) is 4.98 Å². The van der Waals surface area contributed by atoms with Crippen molar-refractivity contribution in [2.45, 2.75) is 9.92 Å². The maximum atomic E-state index is 11.1. The average molecular weight is 355 g/mol. The Hall–Kier alpha value is -1.93. The van der Waals surface area contributed by atoms with E-state index in [1.807, 2.05) is 0 Å². The minimum atomic E-state index is -1.12. The summed E-state index contributed by atoms with van der Waals surface area (Å²) in [5.41, 5.74) is -0.0962. The zero-order valence-corrected chi connectivity index (χ0v) is 12.2. The Morgan fingerprint density at radius 1 is 1.40 bits per heavy atom. The molecule has 0 bridgehead atoms. The van der Waals surface area contributed by atoms with Gasteiger partial charge in [-0.15, -0.1) is 0 Å². The van der Waals surface area contributed by atoms with E-state index in [1.165, 1.54) is 24.4 Å². The average Bonchev–Trinajstić information content (AvgIpc) is 2.41. The number of carboxylic acids is 1. The first-order valence-electron chi connectivity index (χ1n) is 5.29. The Bertz CT molecular complexity index is 693. The molecule has 1 aromatic heterocycles. The Morgan fingerprint density at radius 3 is 2.80 bits per heavy atom. The summed E-state index contributed by atoms with van der Waals surface area (Å²) in [4.78, 5) is 25.9. The maximum absolute atomic E-state index is 11.1. The zero-order valence-electron chi connectivity index (χ0n) is 9.82. The summed E-state index contributed by atoms with van der Waals surface area (Å²) in [7, 11) is 0. The molecule has 1 aromatic carbocycles. The molecule has 0 fully saturated rings. The minimum absolute atomic E-state index is 0.00900. The van der Waals surface area contributed by atoms with Crippen LogP contribution in [0.25, 0.3) is 0 Å². The van der Waals surface area contributed by atoms with Crippen LogP contribution in [0.3, 0.4) is 0 Å². The van der Waals surface area contributed by atoms with Gasteiger partial charge in [-0.2, -0.15) is 0 Å². The lowest BCUT2D eigenvalue weighted by Crippen LogP contribution is -2.00. The normalized spacial score (nSPS) is 10.2. The van der Waals surface area contributed by atoms with Crippen molar-refractivity contribution in [1.29, 1.82) is 0 Å². The van der Waals surface area contributed by atoms with Crippen LogP contribution in [0.5, 0.6) is 0 Å². The highest BCUT2D eigenvalue weighted by Gasteiger charge is 2.19. The number of hydrogen-bond acceptors (Lipinski definition) is 5. The summed E-state index contributed by atoms with van der Waals surface area (Å²) in [6, 6.07) is 7.48. The topological polar surface area (TPSA) is 93.3 Å². The number of aromatic carboxylic acids is 1. The molecule has 0 spiro atoms. The fraction of sp³-hybridized carbons (Fsp3) is 0. The third kappa shape index (κ3) is 3.14. The van der Waals surface area contributed by atoms with E-state index in [4.69, 9.17) is 5.11 Å². The molecule has 0 aliphatic heterocycles. The highest BCUT2D eigenvalue weighted by molar-refractivity contribution is 9.10. The van der Waals surface area contributed by atoms with Gasteiger partial charge >= 0.3 is 5.97 Å². The minimum Gasteiger partial charge on any atom is -0.478 e. The monoisotopic (exact) mass is 354 g/mol. The molecule has 2 aromatic rings. The molecule has 0 radical (unpaired) electrons. The van der Waals surface area contributed by atoms with Gasteiger partial charge in [0, 0.05) is 16.7 Å². The van der Waals surface area contributed by atoms with Gasteiger partial charge in [-0.25, -0.2) is 9.78 Å². The fourth-order valence-electron chi connectivity index (χ4n) is 1.46. The molecule has 1 heterocycles. The molecular formula is C12H7BrN2O4S. The highest BCUT2D eigenvalue weighted by atomic mass is 79.9. The van der Waals surface area contributed by atoms with E-state index in [2.05, 4.69) is 20.9 Å². The Kier molecular flexibility index (Phi) is 4.35. The van der Waals surface area contributed by atoms with E-state index in [1.54, 1.807) is 12.1 Å². The zero-order chi connectivity index (χ0) is 14.7. The van der Waals surface area contributed by atoms with Crippen LogP contribution in [0.4, 0.5) is 5.69 Å². The number of nitro groups is 1. The number of carbonyl (C=O) groups is 1. The van der Waals surface area contributed by atoms with E-state index in [0.717, 1.165) is 11.8 Å². The third-order valence-corrected chi connectivity index (χ3v) is 3.90. The van der Waals surface area contributed by atoms with E-state index in [9.17, 15) is 14.9 Å². The molecule has 6 nitrogen and oxygen atoms in total. The molecule has 0 saturated carbocycles. The van der Waals surface area contributed by atoms with Crippen LogP contribution in [0.15, 0.2) is 50.9 Å². The van der Waals surface area contributed by atoms with Gasteiger partial charge in [0.1, 0.15) is 5.03 Å². The van der Waals surface area contributed by atoms with Crippen molar-refractivity contribution in [3.8, 4) is 0 Å². The van der Waals surface area contributed by atoms with Gasteiger partial charge < -0.3 is 5.11 Å². The molecule has 0 aliphatic carbocycles. The van der Waals surface area contributed by atoms with Gasteiger partial charge in [0.2, 0.25) is 0 Å². The van der Waals surface area contributed by atoms with E-state index in [0.29, 0.717) is 9.37 Å². The van der Waals surface area contributed by atoms with E-state index < -0.39 is 10.9 Å². The number of halogens is 1. The van der Waals surface area contributed by atoms with Crippen LogP contribution in [0, 0.1) is 10.1 Å². The lowest BCUT2D eigenvalue weighted by Gasteiger charge is -2.05. The molecule has 8 heteroatoms. The quantitative estimate of drug-likeness (QED) is 0.665. The Balaban J connectivity index is 2.45. The van der Waals surface area contributed by atoms with Crippen LogP contribution < -0.4 is 0 Å². The molecule has 102 valence electrons. The van der Waals surface area contributed by atoms with Crippen molar-refractivity contribution in [3.63, 3.8) is 0 Å². The van der Waals surface area contributed by atoms with Crippen LogP contribution >= 0.6 is 27.7 Å². The Labute approximate surface area is 126 Å². The molecule has 0 aliphatic rings. The van der Waals surface area contributed by atoms with Gasteiger partial charge in [0.25, 0.3) is 5.69 Å². The molecule has 0 unspecified atom stereocenters. The largest absolute Gasteiger partial charge is 0.478 e. The van der Waals surface area contributed by atoms with Crippen molar-refractivity contribution < 1.29 is 14.8 Å². The van der Waals surface area contributed by atoms with Crippen LogP contribution in [-0.2, 0) is 0 Å². The second-order valence-electron chi connectivity index (χ2n) is 3.63. The molecule has 0 amide bonds. The Morgan fingerprint density at radius 2 is 2.15 bits per heavy atom. The summed E-state index contributed by atoms with van der Waals surface area (Å²) >= 11 is 4.12. The summed E-state index contributed by atoms with van der Waals surface area (Å²) in [5.74, 6) is -1.12. The lowest BCUT2D eigenvalue weighted by molar-refractivity contribution is -0.387. The number of carboxylic acid groups (broad SMARTS) is 1. The summed E-state index contributed by atoms with van der Waals surface area (Å²) in [6.45, 7) is 0. The summed E-state index contributed by atoms with van der Waals surface area (Å²) in [5, 5.41) is 20.3. The number of pyridine rings is 1. The van der Waals surface area contributed by atoms with Gasteiger partial charge in [-0.05, 0) is 24.3 Å². The second-order valence-corrected chi connectivity index (χ2v) is 5.58. The number of hydrogen-bond donors (Lipinski definition) is 1. The smallest absolute Gasteiger partial charge is 0.338 e. The first-order valence-corrected chi connectivity index (χ1v) is 6.90. The van der Waals surface area contributed by atoms with Crippen LogP contribution in [0.2, 0.25) is 0 Å². The molecule has 2 rings (SSSR count). The predicted molar refractivity (Wildman–Crippen MR) is 76.1 cm³/mol. The maximum Gasteiger partial charge on any atom is 0.338 e. The first kappa shape index (κ1) is 14.5. The molecule has 0 saturated heterocycles. The SMILES string of the molecule is O=C(O)c1cccnc1Sc1ccc(Br)cc1[N+](=O)[O-]. The van der Waals surface area contributed by atoms with Crippen LogP contribution in [-0.4, -0.2) is 21.0 Å². The fourth-order valence-corrected chi connectivity index (χ4v) is 2.77. The first-order chi connectivity index (χ1) is 9.49. The van der Waals surface area contributed by atoms with Gasteiger partial charge in [0.05, 0.1) is 15.4 Å². The lowest BCUT2D eigenvalue weighted by atomic mass is 10.3. The standard InChI is InChI=1S/C12H7BrN2O4S/c13-7-3-4-10(9(6-7)15(18)19)20-11-8(12(16)17)2-1-5-14-11/h1-6H,(H,16,17). The molecular weight excluding hydrogens is 348 g/mol. The predicted octanol–water partition coefficient (Wildman–Crippen LogP) is 3.60. The third-order valence-electron chi connectivity index (χ3n) is 2.33. The van der Waals surface area contributed by atoms with Crippen molar-refractivity contribution in [2.75, 3.05) is 0 Å². The number of benzene rings is 1. The molecule has 0 atom stereocenters. The second kappa shape index (κ2) is 6.02. The van der Waals surface area contributed by atoms with Crippen LogP contribution in [0.1, 0.15) is 10.4 Å². The molecule has 1 N–H and O–H groups in total. The van der Waals surface area contributed by atoms with Crippen molar-refractivity contribution >= 4 is 39.3 Å². The number of aromatic nitrogens is 1. The number of rotatable bonds is 4. The van der Waals surface area contributed by atoms with Crippen molar-refractivity contribution in [2.24, 2.45) is 0 Å². The van der Waals surface area contributed by atoms with Gasteiger partial charge in [-0.1, -0.05) is 27.7 Å². The number of nitrogens with zero attached hydrogens (tertiary/aromatic N) is 2. The highest BCUT2D eigenvalue weighted by Crippen LogP contribution is 2.36. The number of nitro benzene ring substituents is 1. The summed E-state index contributed by atoms with van der Waals surface area (Å²) < 4.78 is 0.577.